The van der Waals surface area contributed by atoms with Crippen molar-refractivity contribution in [3.63, 3.8) is 0 Å². The van der Waals surface area contributed by atoms with Gasteiger partial charge in [0.2, 0.25) is 0 Å². The molecule has 1 aromatic rings. The van der Waals surface area contributed by atoms with Gasteiger partial charge in [-0.1, -0.05) is 5.16 Å². The number of nitrogens with zero attached hydrogens (tertiary/aromatic N) is 2. The van der Waals surface area contributed by atoms with Crippen LogP contribution >= 0.6 is 0 Å². The molecule has 4 aliphatic carbocycles. The Morgan fingerprint density at radius 3 is 2.36 bits per heavy atom. The summed E-state index contributed by atoms with van der Waals surface area (Å²) in [6.45, 7) is 0.392. The predicted octanol–water partition coefficient (Wildman–Crippen LogP) is 2.72. The van der Waals surface area contributed by atoms with Crippen molar-refractivity contribution >= 4 is 6.09 Å². The summed E-state index contributed by atoms with van der Waals surface area (Å²) in [6, 6.07) is 0. The van der Waals surface area contributed by atoms with E-state index >= 15 is 0 Å². The van der Waals surface area contributed by atoms with Crippen molar-refractivity contribution in [3.8, 4) is 0 Å². The summed E-state index contributed by atoms with van der Waals surface area (Å²) in [7, 11) is 0. The van der Waals surface area contributed by atoms with Crippen LogP contribution in [0, 0.1) is 5.41 Å². The van der Waals surface area contributed by atoms with E-state index in [2.05, 4.69) is 10.1 Å². The van der Waals surface area contributed by atoms with Crippen LogP contribution in [0.4, 0.5) is 9.18 Å². The fourth-order valence-corrected chi connectivity index (χ4v) is 3.98. The molecule has 7 heteroatoms. The molecule has 0 saturated heterocycles. The van der Waals surface area contributed by atoms with Crippen LogP contribution < -0.4 is 5.73 Å². The number of primary amides is 1. The SMILES string of the molecule is NC(=O)OCC12CCC(c3noc(C4(F)CC4)n3)(CC1)CC2. The number of amides is 1. The lowest BCUT2D eigenvalue weighted by Gasteiger charge is -2.51. The number of carbonyl (C=O) groups is 1. The number of aromatic nitrogens is 2. The Bertz CT molecular complexity index is 586. The van der Waals surface area contributed by atoms with Gasteiger partial charge >= 0.3 is 6.09 Å². The third-order valence-corrected chi connectivity index (χ3v) is 5.89. The maximum Gasteiger partial charge on any atom is 0.404 e. The zero-order valence-corrected chi connectivity index (χ0v) is 12.4. The van der Waals surface area contributed by atoms with E-state index in [9.17, 15) is 9.18 Å². The number of halogens is 1. The lowest BCUT2D eigenvalue weighted by Crippen LogP contribution is -2.47. The van der Waals surface area contributed by atoms with Gasteiger partial charge in [-0.3, -0.25) is 0 Å². The van der Waals surface area contributed by atoms with E-state index in [4.69, 9.17) is 15.0 Å². The second-order valence-electron chi connectivity index (χ2n) is 7.28. The highest BCUT2D eigenvalue weighted by molar-refractivity contribution is 5.64. The van der Waals surface area contributed by atoms with E-state index in [-0.39, 0.29) is 16.7 Å². The van der Waals surface area contributed by atoms with Crippen LogP contribution in [0.2, 0.25) is 0 Å². The van der Waals surface area contributed by atoms with Crippen molar-refractivity contribution in [2.45, 2.75) is 62.5 Å². The first-order valence-electron chi connectivity index (χ1n) is 7.91. The maximum absolute atomic E-state index is 14.0. The molecule has 1 aromatic heterocycles. The van der Waals surface area contributed by atoms with E-state index in [1.54, 1.807) is 0 Å². The predicted molar refractivity (Wildman–Crippen MR) is 73.7 cm³/mol. The van der Waals surface area contributed by atoms with Gasteiger partial charge in [-0.25, -0.2) is 9.18 Å². The van der Waals surface area contributed by atoms with Crippen LogP contribution in [-0.2, 0) is 15.8 Å². The largest absolute Gasteiger partial charge is 0.449 e. The molecule has 5 rings (SSSR count). The normalized spacial score (nSPS) is 35.3. The van der Waals surface area contributed by atoms with Crippen molar-refractivity contribution in [2.24, 2.45) is 11.1 Å². The van der Waals surface area contributed by atoms with Gasteiger partial charge in [0.15, 0.2) is 11.5 Å². The third kappa shape index (κ3) is 2.09. The van der Waals surface area contributed by atoms with Crippen molar-refractivity contribution in [3.05, 3.63) is 11.7 Å². The molecule has 6 nitrogen and oxygen atoms in total. The average Bonchev–Trinajstić information content (AvgIpc) is 3.08. The third-order valence-electron chi connectivity index (χ3n) is 5.89. The summed E-state index contributed by atoms with van der Waals surface area (Å²) in [4.78, 5) is 15.2. The number of ether oxygens (including phenoxy) is 1. The Balaban J connectivity index is 1.49. The molecule has 4 fully saturated rings. The van der Waals surface area contributed by atoms with Crippen LogP contribution in [0.25, 0.3) is 0 Å². The molecule has 1 amide bonds. The van der Waals surface area contributed by atoms with Crippen molar-refractivity contribution in [1.29, 1.82) is 0 Å². The maximum atomic E-state index is 14.0. The highest BCUT2D eigenvalue weighted by atomic mass is 19.1. The number of hydrogen-bond acceptors (Lipinski definition) is 5. The molecule has 22 heavy (non-hydrogen) atoms. The lowest BCUT2D eigenvalue weighted by atomic mass is 9.53. The van der Waals surface area contributed by atoms with Gasteiger partial charge in [0.1, 0.15) is 0 Å². The first-order valence-corrected chi connectivity index (χ1v) is 7.91. The number of hydrogen-bond donors (Lipinski definition) is 1. The highest BCUT2D eigenvalue weighted by Gasteiger charge is 2.54. The Morgan fingerprint density at radius 1 is 1.18 bits per heavy atom. The molecule has 1 heterocycles. The van der Waals surface area contributed by atoms with E-state index < -0.39 is 11.8 Å². The Kier molecular flexibility index (Phi) is 2.81. The first-order chi connectivity index (χ1) is 10.5. The number of fused-ring (bicyclic) bond motifs is 3. The molecule has 0 spiro atoms. The van der Waals surface area contributed by atoms with Gasteiger partial charge in [0.25, 0.3) is 5.89 Å². The summed E-state index contributed by atoms with van der Waals surface area (Å²) < 4.78 is 24.2. The molecule has 120 valence electrons. The monoisotopic (exact) mass is 309 g/mol. The molecule has 0 atom stereocenters. The Hall–Kier alpha value is -1.66. The highest BCUT2D eigenvalue weighted by Crippen LogP contribution is 2.58. The summed E-state index contributed by atoms with van der Waals surface area (Å²) in [5, 5.41) is 4.08. The second kappa shape index (κ2) is 4.43. The molecule has 0 aromatic carbocycles. The fraction of sp³-hybridized carbons (Fsp3) is 0.800. The quantitative estimate of drug-likeness (QED) is 0.923. The van der Waals surface area contributed by atoms with E-state index in [1.807, 2.05) is 0 Å². The smallest absolute Gasteiger partial charge is 0.404 e. The first kappa shape index (κ1) is 14.0. The lowest BCUT2D eigenvalue weighted by molar-refractivity contribution is -0.0155. The number of rotatable bonds is 4. The number of carbonyl (C=O) groups excluding carboxylic acids is 1. The molecule has 2 N–H and O–H groups in total. The van der Waals surface area contributed by atoms with Gasteiger partial charge in [-0.15, -0.1) is 0 Å². The van der Waals surface area contributed by atoms with Crippen molar-refractivity contribution in [1.82, 2.24) is 10.1 Å². The van der Waals surface area contributed by atoms with Gasteiger partial charge in [0, 0.05) is 10.8 Å². The molecule has 2 bridgehead atoms. The van der Waals surface area contributed by atoms with Crippen molar-refractivity contribution < 1.29 is 18.4 Å². The van der Waals surface area contributed by atoms with E-state index in [1.165, 1.54) is 0 Å². The van der Waals surface area contributed by atoms with Crippen LogP contribution in [0.15, 0.2) is 4.52 Å². The van der Waals surface area contributed by atoms with Gasteiger partial charge in [0.05, 0.1) is 6.61 Å². The standard InChI is InChI=1S/C15H20FN3O3/c16-15(7-8-15)11-18-10(19-22-11)14-4-1-13(2-5-14,3-6-14)9-21-12(17)20/h1-9H2,(H2,17,20). The van der Waals surface area contributed by atoms with Crippen LogP contribution in [0.1, 0.15) is 63.1 Å². The second-order valence-corrected chi connectivity index (χ2v) is 7.28. The topological polar surface area (TPSA) is 91.2 Å². The summed E-state index contributed by atoms with van der Waals surface area (Å²) >= 11 is 0. The van der Waals surface area contributed by atoms with E-state index in [0.29, 0.717) is 25.3 Å². The van der Waals surface area contributed by atoms with Crippen molar-refractivity contribution in [2.75, 3.05) is 6.61 Å². The Morgan fingerprint density at radius 2 is 1.82 bits per heavy atom. The van der Waals surface area contributed by atoms with Gasteiger partial charge in [-0.05, 0) is 51.4 Å². The molecule has 0 radical (unpaired) electrons. The summed E-state index contributed by atoms with van der Waals surface area (Å²) in [5.41, 5.74) is 3.65. The summed E-state index contributed by atoms with van der Waals surface area (Å²) in [5.74, 6) is 0.812. The zero-order valence-electron chi connectivity index (χ0n) is 12.4. The molecule has 0 unspecified atom stereocenters. The van der Waals surface area contributed by atoms with Crippen LogP contribution in [-0.4, -0.2) is 22.8 Å². The minimum Gasteiger partial charge on any atom is -0.449 e. The van der Waals surface area contributed by atoms with Gasteiger partial charge < -0.3 is 15.0 Å². The summed E-state index contributed by atoms with van der Waals surface area (Å²) in [6.07, 6.45) is 5.87. The van der Waals surface area contributed by atoms with Crippen LogP contribution in [0.3, 0.4) is 0 Å². The minimum atomic E-state index is -1.37. The zero-order chi connectivity index (χ0) is 15.4. The molecular weight excluding hydrogens is 289 g/mol. The number of nitrogens with two attached hydrogens (primary N) is 1. The molecule has 4 aliphatic rings. The van der Waals surface area contributed by atoms with Crippen LogP contribution in [0.5, 0.6) is 0 Å². The molecule has 4 saturated carbocycles. The number of alkyl halides is 1. The molecular formula is C15H20FN3O3. The molecule has 0 aliphatic heterocycles. The average molecular weight is 309 g/mol. The van der Waals surface area contributed by atoms with E-state index in [0.717, 1.165) is 38.5 Å². The Labute approximate surface area is 127 Å². The fourth-order valence-electron chi connectivity index (χ4n) is 3.98. The minimum absolute atomic E-state index is 0.0428. The van der Waals surface area contributed by atoms with Gasteiger partial charge in [-0.2, -0.15) is 4.98 Å².